The first-order valence-corrected chi connectivity index (χ1v) is 8.01. The molecule has 0 N–H and O–H groups in total. The van der Waals surface area contributed by atoms with Crippen molar-refractivity contribution in [3.8, 4) is 0 Å². The number of hydrogen-bond acceptors (Lipinski definition) is 2. The number of hydrogen-bond donors (Lipinski definition) is 0. The second-order valence-corrected chi connectivity index (χ2v) is 6.63. The predicted molar refractivity (Wildman–Crippen MR) is 80.6 cm³/mol. The van der Waals surface area contributed by atoms with Crippen molar-refractivity contribution in [2.24, 2.45) is 0 Å². The maximum atomic E-state index is 12.1. The maximum absolute atomic E-state index is 12.1. The summed E-state index contributed by atoms with van der Waals surface area (Å²) in [5.41, 5.74) is 3.57. The zero-order valence-electron chi connectivity index (χ0n) is 12.2. The fourth-order valence-corrected chi connectivity index (χ4v) is 3.31. The zero-order chi connectivity index (χ0) is 14.4. The van der Waals surface area contributed by atoms with Crippen LogP contribution in [0.15, 0.2) is 18.2 Å². The van der Waals surface area contributed by atoms with Crippen LogP contribution in [0.3, 0.4) is 0 Å². The minimum atomic E-state index is -0.892. The monoisotopic (exact) mass is 281 g/mol. The van der Waals surface area contributed by atoms with Gasteiger partial charge >= 0.3 is 0 Å². The Morgan fingerprint density at radius 1 is 1.21 bits per heavy atom. The van der Waals surface area contributed by atoms with Crippen molar-refractivity contribution in [1.82, 2.24) is 4.90 Å². The van der Waals surface area contributed by atoms with Gasteiger partial charge in [0, 0.05) is 42.8 Å². The van der Waals surface area contributed by atoms with Crippen molar-refractivity contribution in [1.29, 1.82) is 0 Å². The van der Waals surface area contributed by atoms with Crippen LogP contribution in [-0.4, -0.2) is 34.9 Å². The Morgan fingerprint density at radius 3 is 2.32 bits per heavy atom. The van der Waals surface area contributed by atoms with Crippen LogP contribution in [0.2, 0.25) is 0 Å². The average Bonchev–Trinajstić information content (AvgIpc) is 2.33. The quantitative estimate of drug-likeness (QED) is 0.803. The highest BCUT2D eigenvalue weighted by atomic mass is 32.2. The average molecular weight is 281 g/mol. The molecule has 0 bridgehead atoms. The van der Waals surface area contributed by atoms with E-state index in [2.05, 4.69) is 26.0 Å². The second kappa shape index (κ2) is 7.43. The Bertz CT molecular complexity index is 449. The first-order valence-electron chi connectivity index (χ1n) is 6.52. The molecular formula is C15H23NO2S. The van der Waals surface area contributed by atoms with Crippen LogP contribution in [0, 0.1) is 13.8 Å². The fraction of sp³-hybridized carbons (Fsp3) is 0.533. The highest BCUT2D eigenvalue weighted by molar-refractivity contribution is 7.84. The van der Waals surface area contributed by atoms with E-state index in [-0.39, 0.29) is 5.91 Å². The minimum Gasteiger partial charge on any atom is -0.349 e. The lowest BCUT2D eigenvalue weighted by Gasteiger charge is -2.11. The van der Waals surface area contributed by atoms with E-state index in [1.807, 2.05) is 6.07 Å². The van der Waals surface area contributed by atoms with Crippen LogP contribution in [0.25, 0.3) is 0 Å². The molecule has 4 heteroatoms. The van der Waals surface area contributed by atoms with Crippen molar-refractivity contribution < 1.29 is 9.00 Å². The standard InChI is InChI=1S/C15H23NO2S/c1-12-7-5-8-13(2)14(12)11-19(18)10-6-9-15(17)16(3)4/h5,7-8H,6,9-11H2,1-4H3/t19-/m1/s1. The van der Waals surface area contributed by atoms with Crippen molar-refractivity contribution in [3.63, 3.8) is 0 Å². The third-order valence-electron chi connectivity index (χ3n) is 3.21. The Hall–Kier alpha value is -1.16. The highest BCUT2D eigenvalue weighted by Crippen LogP contribution is 2.15. The largest absolute Gasteiger partial charge is 0.349 e. The van der Waals surface area contributed by atoms with E-state index in [0.29, 0.717) is 24.3 Å². The number of carbonyl (C=O) groups is 1. The zero-order valence-corrected chi connectivity index (χ0v) is 13.0. The molecule has 19 heavy (non-hydrogen) atoms. The first kappa shape index (κ1) is 15.9. The maximum Gasteiger partial charge on any atom is 0.222 e. The van der Waals surface area contributed by atoms with E-state index in [9.17, 15) is 9.00 Å². The highest BCUT2D eigenvalue weighted by Gasteiger charge is 2.09. The molecule has 0 saturated carbocycles. The van der Waals surface area contributed by atoms with Crippen molar-refractivity contribution >= 4 is 16.7 Å². The Morgan fingerprint density at radius 2 is 1.79 bits per heavy atom. The Balaban J connectivity index is 2.46. The van der Waals surface area contributed by atoms with Gasteiger partial charge in [-0.25, -0.2) is 0 Å². The molecule has 106 valence electrons. The summed E-state index contributed by atoms with van der Waals surface area (Å²) in [4.78, 5) is 13.0. The third-order valence-corrected chi connectivity index (χ3v) is 4.57. The van der Waals surface area contributed by atoms with Gasteiger partial charge in [0.15, 0.2) is 0 Å². The molecular weight excluding hydrogens is 258 g/mol. The fourth-order valence-electron chi connectivity index (χ4n) is 1.92. The second-order valence-electron chi connectivity index (χ2n) is 5.05. The van der Waals surface area contributed by atoms with E-state index in [1.165, 1.54) is 16.7 Å². The van der Waals surface area contributed by atoms with E-state index in [4.69, 9.17) is 0 Å². The van der Waals surface area contributed by atoms with Gasteiger partial charge in [0.05, 0.1) is 0 Å². The number of amides is 1. The number of benzene rings is 1. The molecule has 1 atom stereocenters. The number of nitrogens with zero attached hydrogens (tertiary/aromatic N) is 1. The van der Waals surface area contributed by atoms with Crippen LogP contribution in [0.4, 0.5) is 0 Å². The summed E-state index contributed by atoms with van der Waals surface area (Å²) in [5, 5.41) is 0. The van der Waals surface area contributed by atoms with Gasteiger partial charge in [-0.05, 0) is 37.0 Å². The molecule has 0 unspecified atom stereocenters. The van der Waals surface area contributed by atoms with Crippen LogP contribution >= 0.6 is 0 Å². The summed E-state index contributed by atoms with van der Waals surface area (Å²) in [6.45, 7) is 4.10. The molecule has 0 aliphatic heterocycles. The van der Waals surface area contributed by atoms with E-state index in [0.717, 1.165) is 0 Å². The topological polar surface area (TPSA) is 37.4 Å². The predicted octanol–water partition coefficient (Wildman–Crippen LogP) is 2.42. The van der Waals surface area contributed by atoms with Gasteiger partial charge < -0.3 is 4.90 Å². The van der Waals surface area contributed by atoms with E-state index in [1.54, 1.807) is 19.0 Å². The normalized spacial score (nSPS) is 12.2. The van der Waals surface area contributed by atoms with Gasteiger partial charge in [-0.15, -0.1) is 0 Å². The third kappa shape index (κ3) is 5.15. The molecule has 1 aromatic rings. The van der Waals surface area contributed by atoms with Crippen molar-refractivity contribution in [3.05, 3.63) is 34.9 Å². The SMILES string of the molecule is Cc1cccc(C)c1C[S@](=O)CCCC(=O)N(C)C. The summed E-state index contributed by atoms with van der Waals surface area (Å²) < 4.78 is 12.1. The molecule has 0 saturated heterocycles. The lowest BCUT2D eigenvalue weighted by atomic mass is 10.1. The van der Waals surface area contributed by atoms with Crippen LogP contribution in [0.5, 0.6) is 0 Å². The molecule has 0 aliphatic rings. The number of carbonyl (C=O) groups excluding carboxylic acids is 1. The van der Waals surface area contributed by atoms with Gasteiger partial charge in [-0.3, -0.25) is 9.00 Å². The van der Waals surface area contributed by atoms with Crippen LogP contribution < -0.4 is 0 Å². The molecule has 0 spiro atoms. The van der Waals surface area contributed by atoms with Gasteiger partial charge in [-0.1, -0.05) is 18.2 Å². The van der Waals surface area contributed by atoms with Crippen LogP contribution in [-0.2, 0) is 21.3 Å². The molecule has 0 aromatic heterocycles. The molecule has 1 rings (SSSR count). The molecule has 3 nitrogen and oxygen atoms in total. The molecule has 0 heterocycles. The molecule has 0 radical (unpaired) electrons. The number of rotatable bonds is 6. The molecule has 1 amide bonds. The van der Waals surface area contributed by atoms with Crippen molar-refractivity contribution in [2.45, 2.75) is 32.4 Å². The summed E-state index contributed by atoms with van der Waals surface area (Å²) in [6, 6.07) is 6.12. The van der Waals surface area contributed by atoms with Crippen LogP contribution in [0.1, 0.15) is 29.5 Å². The lowest BCUT2D eigenvalue weighted by molar-refractivity contribution is -0.128. The summed E-state index contributed by atoms with van der Waals surface area (Å²) in [6.07, 6.45) is 1.17. The molecule has 0 fully saturated rings. The Labute approximate surface area is 118 Å². The smallest absolute Gasteiger partial charge is 0.222 e. The van der Waals surface area contributed by atoms with Gasteiger partial charge in [0.1, 0.15) is 0 Å². The van der Waals surface area contributed by atoms with E-state index < -0.39 is 10.8 Å². The van der Waals surface area contributed by atoms with Gasteiger partial charge in [0.25, 0.3) is 0 Å². The van der Waals surface area contributed by atoms with Crippen molar-refractivity contribution in [2.75, 3.05) is 19.8 Å². The lowest BCUT2D eigenvalue weighted by Crippen LogP contribution is -2.21. The molecule has 0 aliphatic carbocycles. The summed E-state index contributed by atoms with van der Waals surface area (Å²) in [5.74, 6) is 1.28. The van der Waals surface area contributed by atoms with Gasteiger partial charge in [0.2, 0.25) is 5.91 Å². The van der Waals surface area contributed by atoms with E-state index >= 15 is 0 Å². The first-order chi connectivity index (χ1) is 8.91. The Kier molecular flexibility index (Phi) is 6.22. The van der Waals surface area contributed by atoms with Gasteiger partial charge in [-0.2, -0.15) is 0 Å². The minimum absolute atomic E-state index is 0.101. The summed E-state index contributed by atoms with van der Waals surface area (Å²) in [7, 11) is 2.60. The molecule has 1 aromatic carbocycles. The summed E-state index contributed by atoms with van der Waals surface area (Å²) >= 11 is 0. The number of aryl methyl sites for hydroxylation is 2.